The zero-order chi connectivity index (χ0) is 18.8. The Hall–Kier alpha value is -1.83. The highest BCUT2D eigenvalue weighted by atomic mass is 35.5. The third-order valence-electron chi connectivity index (χ3n) is 5.36. The minimum absolute atomic E-state index is 0. The molecule has 2 aromatic rings. The first-order valence-corrected chi connectivity index (χ1v) is 9.79. The van der Waals surface area contributed by atoms with E-state index in [1.54, 1.807) is 12.1 Å². The summed E-state index contributed by atoms with van der Waals surface area (Å²) in [7, 11) is 0. The molecular weight excluding hydrogens is 401 g/mol. The van der Waals surface area contributed by atoms with Gasteiger partial charge in [-0.3, -0.25) is 4.79 Å². The van der Waals surface area contributed by atoms with Crippen LogP contribution in [0, 0.1) is 6.92 Å². The van der Waals surface area contributed by atoms with Crippen molar-refractivity contribution in [2.75, 3.05) is 26.2 Å². The lowest BCUT2D eigenvalue weighted by Gasteiger charge is -2.32. The molecule has 7 nitrogen and oxygen atoms in total. The van der Waals surface area contributed by atoms with Gasteiger partial charge in [-0.15, -0.1) is 22.6 Å². The van der Waals surface area contributed by atoms with E-state index in [9.17, 15) is 4.79 Å². The molecule has 3 heterocycles. The Kier molecular flexibility index (Phi) is 6.80. The van der Waals surface area contributed by atoms with E-state index in [-0.39, 0.29) is 24.9 Å². The van der Waals surface area contributed by atoms with Gasteiger partial charge in [0.1, 0.15) is 17.4 Å². The summed E-state index contributed by atoms with van der Waals surface area (Å²) < 4.78 is 7.89. The summed E-state index contributed by atoms with van der Waals surface area (Å²) >= 11 is 6.02. The number of benzene rings is 1. The van der Waals surface area contributed by atoms with Crippen LogP contribution in [0.4, 0.5) is 0 Å². The summed E-state index contributed by atoms with van der Waals surface area (Å²) in [5.41, 5.74) is 0.939. The predicted molar refractivity (Wildman–Crippen MR) is 109 cm³/mol. The van der Waals surface area contributed by atoms with E-state index in [1.165, 1.54) is 0 Å². The number of nitrogens with zero attached hydrogens (tertiary/aromatic N) is 4. The van der Waals surface area contributed by atoms with Crippen molar-refractivity contribution in [3.05, 3.63) is 40.4 Å². The molecule has 2 aliphatic rings. The Balaban J connectivity index is 0.00000225. The van der Waals surface area contributed by atoms with Crippen LogP contribution in [0.25, 0.3) is 0 Å². The van der Waals surface area contributed by atoms with Gasteiger partial charge in [0.05, 0.1) is 6.54 Å². The molecule has 1 aromatic carbocycles. The van der Waals surface area contributed by atoms with Gasteiger partial charge in [-0.05, 0) is 43.5 Å². The second kappa shape index (κ2) is 9.11. The van der Waals surface area contributed by atoms with Gasteiger partial charge in [-0.2, -0.15) is 0 Å². The Labute approximate surface area is 175 Å². The second-order valence-electron chi connectivity index (χ2n) is 7.16. The van der Waals surface area contributed by atoms with Crippen molar-refractivity contribution in [3.8, 4) is 5.75 Å². The predicted octanol–water partition coefficient (Wildman–Crippen LogP) is 2.55. The van der Waals surface area contributed by atoms with E-state index in [4.69, 9.17) is 16.3 Å². The Bertz CT molecular complexity index is 834. The Morgan fingerprint density at radius 1 is 1.29 bits per heavy atom. The van der Waals surface area contributed by atoms with Crippen molar-refractivity contribution in [3.63, 3.8) is 0 Å². The highest BCUT2D eigenvalue weighted by Crippen LogP contribution is 2.28. The number of nitrogens with one attached hydrogen (secondary N) is 1. The normalized spacial score (nSPS) is 17.0. The van der Waals surface area contributed by atoms with Crippen molar-refractivity contribution in [2.24, 2.45) is 0 Å². The van der Waals surface area contributed by atoms with Gasteiger partial charge in [0.15, 0.2) is 6.61 Å². The lowest BCUT2D eigenvalue weighted by molar-refractivity contribution is -0.134. The maximum atomic E-state index is 12.5. The fraction of sp³-hybridized carbons (Fsp3) is 0.526. The largest absolute Gasteiger partial charge is 0.484 e. The third-order valence-corrected chi connectivity index (χ3v) is 5.78. The first-order valence-electron chi connectivity index (χ1n) is 9.41. The van der Waals surface area contributed by atoms with E-state index < -0.39 is 0 Å². The monoisotopic (exact) mass is 425 g/mol. The minimum atomic E-state index is 0. The third kappa shape index (κ3) is 4.42. The van der Waals surface area contributed by atoms with Gasteiger partial charge in [-0.1, -0.05) is 11.6 Å². The molecule has 0 saturated carbocycles. The Morgan fingerprint density at radius 2 is 2.07 bits per heavy atom. The SMILES string of the molecule is Cc1cc(OCC(=O)N2CCC(c3nnc4n3CCNC4)CC2)ccc1Cl.Cl. The van der Waals surface area contributed by atoms with Gasteiger partial charge in [0.25, 0.3) is 5.91 Å². The molecule has 1 N–H and O–H groups in total. The van der Waals surface area contributed by atoms with E-state index in [1.807, 2.05) is 17.9 Å². The topological polar surface area (TPSA) is 72.3 Å². The standard InChI is InChI=1S/C19H24ClN5O2.ClH/c1-13-10-15(2-3-16(13)20)27-12-18(26)24-7-4-14(5-8-24)19-23-22-17-11-21-6-9-25(17)19;/h2-3,10,14,21H,4-9,11-12H2,1H3;1H. The van der Waals surface area contributed by atoms with Gasteiger partial charge in [-0.25, -0.2) is 0 Å². The zero-order valence-corrected chi connectivity index (χ0v) is 17.4. The lowest BCUT2D eigenvalue weighted by atomic mass is 9.95. The number of carbonyl (C=O) groups is 1. The number of ether oxygens (including phenoxy) is 1. The number of carbonyl (C=O) groups excluding carboxylic acids is 1. The highest BCUT2D eigenvalue weighted by molar-refractivity contribution is 6.31. The smallest absolute Gasteiger partial charge is 0.260 e. The summed E-state index contributed by atoms with van der Waals surface area (Å²) in [6.07, 6.45) is 1.83. The number of aryl methyl sites for hydroxylation is 1. The summed E-state index contributed by atoms with van der Waals surface area (Å²) in [5, 5.41) is 12.7. The molecule has 9 heteroatoms. The summed E-state index contributed by atoms with van der Waals surface area (Å²) in [5.74, 6) is 3.15. The second-order valence-corrected chi connectivity index (χ2v) is 7.56. The maximum absolute atomic E-state index is 12.5. The van der Waals surface area contributed by atoms with Gasteiger partial charge in [0, 0.05) is 37.1 Å². The van der Waals surface area contributed by atoms with Crippen molar-refractivity contribution in [1.82, 2.24) is 25.0 Å². The highest BCUT2D eigenvalue weighted by Gasteiger charge is 2.28. The molecule has 1 saturated heterocycles. The van der Waals surface area contributed by atoms with E-state index in [0.717, 1.165) is 62.8 Å². The number of hydrogen-bond acceptors (Lipinski definition) is 5. The summed E-state index contributed by atoms with van der Waals surface area (Å²) in [4.78, 5) is 14.4. The lowest BCUT2D eigenvalue weighted by Crippen LogP contribution is -2.41. The first kappa shape index (κ1) is 20.9. The van der Waals surface area contributed by atoms with Crippen molar-refractivity contribution in [1.29, 1.82) is 0 Å². The van der Waals surface area contributed by atoms with Crippen LogP contribution in [0.2, 0.25) is 5.02 Å². The zero-order valence-electron chi connectivity index (χ0n) is 15.9. The van der Waals surface area contributed by atoms with Crippen LogP contribution in [-0.4, -0.2) is 51.8 Å². The molecule has 0 radical (unpaired) electrons. The van der Waals surface area contributed by atoms with Crippen LogP contribution in [-0.2, 0) is 17.9 Å². The van der Waals surface area contributed by atoms with Gasteiger partial charge < -0.3 is 19.5 Å². The van der Waals surface area contributed by atoms with Crippen LogP contribution in [0.5, 0.6) is 5.75 Å². The molecule has 0 atom stereocenters. The average Bonchev–Trinajstić information content (AvgIpc) is 3.13. The van der Waals surface area contributed by atoms with Crippen LogP contribution in [0.3, 0.4) is 0 Å². The summed E-state index contributed by atoms with van der Waals surface area (Å²) in [6, 6.07) is 5.43. The number of piperidine rings is 1. The molecular formula is C19H25Cl2N5O2. The van der Waals surface area contributed by atoms with Crippen LogP contribution >= 0.6 is 24.0 Å². The number of amides is 1. The molecule has 0 bridgehead atoms. The quantitative estimate of drug-likeness (QED) is 0.814. The number of rotatable bonds is 4. The number of fused-ring (bicyclic) bond motifs is 1. The molecule has 28 heavy (non-hydrogen) atoms. The molecule has 0 aliphatic carbocycles. The molecule has 0 spiro atoms. The van der Waals surface area contributed by atoms with Crippen LogP contribution in [0.15, 0.2) is 18.2 Å². The van der Waals surface area contributed by atoms with Crippen molar-refractivity contribution < 1.29 is 9.53 Å². The fourth-order valence-corrected chi connectivity index (χ4v) is 3.86. The number of hydrogen-bond donors (Lipinski definition) is 1. The maximum Gasteiger partial charge on any atom is 0.260 e. The van der Waals surface area contributed by atoms with Crippen molar-refractivity contribution in [2.45, 2.75) is 38.8 Å². The van der Waals surface area contributed by atoms with E-state index in [2.05, 4.69) is 20.1 Å². The number of likely N-dealkylation sites (tertiary alicyclic amines) is 1. The average molecular weight is 426 g/mol. The van der Waals surface area contributed by atoms with Gasteiger partial charge in [0.2, 0.25) is 0 Å². The molecule has 0 unspecified atom stereocenters. The molecule has 1 fully saturated rings. The Morgan fingerprint density at radius 3 is 2.82 bits per heavy atom. The summed E-state index contributed by atoms with van der Waals surface area (Å²) in [6.45, 7) is 6.09. The molecule has 1 amide bonds. The van der Waals surface area contributed by atoms with Crippen LogP contribution in [0.1, 0.15) is 36.0 Å². The number of halogens is 2. The molecule has 152 valence electrons. The fourth-order valence-electron chi connectivity index (χ4n) is 3.75. The minimum Gasteiger partial charge on any atom is -0.484 e. The molecule has 4 rings (SSSR count). The first-order chi connectivity index (χ1) is 13.1. The van der Waals surface area contributed by atoms with Crippen LogP contribution < -0.4 is 10.1 Å². The molecule has 2 aliphatic heterocycles. The molecule has 1 aromatic heterocycles. The number of aromatic nitrogens is 3. The van der Waals surface area contributed by atoms with Crippen molar-refractivity contribution >= 4 is 29.9 Å². The van der Waals surface area contributed by atoms with Gasteiger partial charge >= 0.3 is 0 Å². The van der Waals surface area contributed by atoms with E-state index in [0.29, 0.717) is 16.7 Å². The van der Waals surface area contributed by atoms with E-state index >= 15 is 0 Å².